The first-order chi connectivity index (χ1) is 11.2. The highest BCUT2D eigenvalue weighted by Gasteiger charge is 2.70. The van der Waals surface area contributed by atoms with E-state index < -0.39 is 0 Å². The summed E-state index contributed by atoms with van der Waals surface area (Å²) in [5.41, 5.74) is 1.04. The summed E-state index contributed by atoms with van der Waals surface area (Å²) in [6.07, 6.45) is 5.31. The first-order valence-corrected chi connectivity index (χ1v) is 8.73. The summed E-state index contributed by atoms with van der Waals surface area (Å²) in [6.45, 7) is 2.27. The third-order valence-electron chi connectivity index (χ3n) is 5.72. The van der Waals surface area contributed by atoms with Crippen LogP contribution in [0.4, 0.5) is 0 Å². The van der Waals surface area contributed by atoms with E-state index in [-0.39, 0.29) is 23.3 Å². The van der Waals surface area contributed by atoms with Gasteiger partial charge in [0.25, 0.3) is 0 Å². The van der Waals surface area contributed by atoms with Crippen molar-refractivity contribution in [3.05, 3.63) is 35.9 Å². The van der Waals surface area contributed by atoms with Gasteiger partial charge >= 0.3 is 0 Å². The van der Waals surface area contributed by atoms with E-state index in [9.17, 15) is 9.90 Å². The summed E-state index contributed by atoms with van der Waals surface area (Å²) in [4.78, 5) is 12.7. The van der Waals surface area contributed by atoms with E-state index in [0.717, 1.165) is 45.3 Å². The van der Waals surface area contributed by atoms with Crippen LogP contribution in [0.15, 0.2) is 30.3 Å². The molecule has 1 heterocycles. The largest absolute Gasteiger partial charge is 0.396 e. The van der Waals surface area contributed by atoms with E-state index in [0.29, 0.717) is 13.0 Å². The van der Waals surface area contributed by atoms with Crippen LogP contribution >= 0.6 is 0 Å². The van der Waals surface area contributed by atoms with Gasteiger partial charge in [-0.05, 0) is 49.5 Å². The predicted molar refractivity (Wildman–Crippen MR) is 89.0 cm³/mol. The second-order valence-corrected chi connectivity index (χ2v) is 6.97. The summed E-state index contributed by atoms with van der Waals surface area (Å²) in [6, 6.07) is 10.3. The molecule has 1 saturated carbocycles. The SMILES string of the molecule is O=C(NCCCc1ccccc1)C1(CCO)CC12CCOCC2. The van der Waals surface area contributed by atoms with E-state index in [2.05, 4.69) is 17.4 Å². The number of aryl methyl sites for hydroxylation is 1. The minimum absolute atomic E-state index is 0.0808. The molecule has 4 heteroatoms. The van der Waals surface area contributed by atoms with Crippen LogP contribution in [0, 0.1) is 10.8 Å². The van der Waals surface area contributed by atoms with Gasteiger partial charge in [0.05, 0.1) is 5.41 Å². The van der Waals surface area contributed by atoms with Crippen LogP contribution in [0.2, 0.25) is 0 Å². The molecule has 1 amide bonds. The second kappa shape index (κ2) is 7.02. The fourth-order valence-corrected chi connectivity index (χ4v) is 4.24. The fraction of sp³-hybridized carbons (Fsp3) is 0.632. The first-order valence-electron chi connectivity index (χ1n) is 8.73. The smallest absolute Gasteiger partial charge is 0.226 e. The molecule has 126 valence electrons. The molecule has 1 aliphatic heterocycles. The number of hydrogen-bond acceptors (Lipinski definition) is 3. The molecule has 2 N–H and O–H groups in total. The van der Waals surface area contributed by atoms with Gasteiger partial charge in [-0.15, -0.1) is 0 Å². The molecule has 1 aromatic carbocycles. The molecular formula is C19H27NO3. The number of carbonyl (C=O) groups excluding carboxylic acids is 1. The maximum absolute atomic E-state index is 12.7. The van der Waals surface area contributed by atoms with Gasteiger partial charge in [-0.2, -0.15) is 0 Å². The van der Waals surface area contributed by atoms with Crippen molar-refractivity contribution in [2.45, 2.75) is 38.5 Å². The van der Waals surface area contributed by atoms with Gasteiger partial charge < -0.3 is 15.2 Å². The topological polar surface area (TPSA) is 58.6 Å². The zero-order chi connectivity index (χ0) is 16.2. The number of hydrogen-bond donors (Lipinski definition) is 2. The fourth-order valence-electron chi connectivity index (χ4n) is 4.24. The van der Waals surface area contributed by atoms with Crippen molar-refractivity contribution in [1.29, 1.82) is 0 Å². The molecule has 0 radical (unpaired) electrons. The Hall–Kier alpha value is -1.39. The lowest BCUT2D eigenvalue weighted by Gasteiger charge is -2.28. The molecule has 0 aromatic heterocycles. The summed E-state index contributed by atoms with van der Waals surface area (Å²) in [5, 5.41) is 12.5. The highest BCUT2D eigenvalue weighted by molar-refractivity contribution is 5.87. The molecule has 4 nitrogen and oxygen atoms in total. The van der Waals surface area contributed by atoms with Crippen molar-refractivity contribution in [1.82, 2.24) is 5.32 Å². The summed E-state index contributed by atoms with van der Waals surface area (Å²) in [7, 11) is 0. The van der Waals surface area contributed by atoms with Crippen molar-refractivity contribution in [3.8, 4) is 0 Å². The Labute approximate surface area is 138 Å². The standard InChI is InChI=1S/C19H27NO3/c21-12-8-19(15-18(19)9-13-23-14-10-18)17(22)20-11-4-7-16-5-2-1-3-6-16/h1-3,5-6,21H,4,7-15H2,(H,20,22). The van der Waals surface area contributed by atoms with E-state index in [1.807, 2.05) is 18.2 Å². The van der Waals surface area contributed by atoms with Gasteiger partial charge in [0.15, 0.2) is 0 Å². The zero-order valence-electron chi connectivity index (χ0n) is 13.7. The number of ether oxygens (including phenoxy) is 1. The van der Waals surface area contributed by atoms with E-state index in [1.165, 1.54) is 5.56 Å². The lowest BCUT2D eigenvalue weighted by molar-refractivity contribution is -0.129. The molecule has 23 heavy (non-hydrogen) atoms. The van der Waals surface area contributed by atoms with Crippen molar-refractivity contribution < 1.29 is 14.6 Å². The average Bonchev–Trinajstić information content (AvgIpc) is 3.20. The van der Waals surface area contributed by atoms with E-state index in [4.69, 9.17) is 4.74 Å². The number of nitrogens with one attached hydrogen (secondary N) is 1. The van der Waals surface area contributed by atoms with Crippen LogP contribution in [0.25, 0.3) is 0 Å². The van der Waals surface area contributed by atoms with Gasteiger partial charge in [-0.3, -0.25) is 4.79 Å². The Morgan fingerprint density at radius 1 is 1.22 bits per heavy atom. The molecule has 0 bridgehead atoms. The molecule has 2 aliphatic rings. The van der Waals surface area contributed by atoms with Gasteiger partial charge in [-0.25, -0.2) is 0 Å². The predicted octanol–water partition coefficient (Wildman–Crippen LogP) is 2.30. The number of aliphatic hydroxyl groups is 1. The summed E-state index contributed by atoms with van der Waals surface area (Å²) < 4.78 is 5.45. The maximum Gasteiger partial charge on any atom is 0.226 e. The minimum Gasteiger partial charge on any atom is -0.396 e. The second-order valence-electron chi connectivity index (χ2n) is 6.97. The Morgan fingerprint density at radius 3 is 2.65 bits per heavy atom. The number of rotatable bonds is 7. The third kappa shape index (κ3) is 3.29. The Bertz CT molecular complexity index is 525. The number of amides is 1. The Morgan fingerprint density at radius 2 is 1.96 bits per heavy atom. The summed E-state index contributed by atoms with van der Waals surface area (Å²) >= 11 is 0. The molecule has 1 aromatic rings. The van der Waals surface area contributed by atoms with Gasteiger partial charge in [-0.1, -0.05) is 30.3 Å². The lowest BCUT2D eigenvalue weighted by atomic mass is 9.83. The number of benzene rings is 1. The van der Waals surface area contributed by atoms with Crippen molar-refractivity contribution >= 4 is 5.91 Å². The van der Waals surface area contributed by atoms with Gasteiger partial charge in [0.1, 0.15) is 0 Å². The molecule has 1 spiro atoms. The van der Waals surface area contributed by atoms with E-state index >= 15 is 0 Å². The lowest BCUT2D eigenvalue weighted by Crippen LogP contribution is -2.38. The normalized spacial score (nSPS) is 25.3. The number of aliphatic hydroxyl groups excluding tert-OH is 1. The Balaban J connectivity index is 1.50. The molecule has 1 atom stereocenters. The highest BCUT2D eigenvalue weighted by atomic mass is 16.5. The van der Waals surface area contributed by atoms with Gasteiger partial charge in [0.2, 0.25) is 5.91 Å². The van der Waals surface area contributed by atoms with Crippen LogP contribution in [0.3, 0.4) is 0 Å². The molecule has 1 unspecified atom stereocenters. The molecule has 2 fully saturated rings. The molecule has 1 saturated heterocycles. The quantitative estimate of drug-likeness (QED) is 0.759. The van der Waals surface area contributed by atoms with Gasteiger partial charge in [0, 0.05) is 26.4 Å². The minimum atomic E-state index is -0.349. The van der Waals surface area contributed by atoms with Crippen LogP contribution in [0.5, 0.6) is 0 Å². The van der Waals surface area contributed by atoms with Crippen LogP contribution in [-0.4, -0.2) is 37.4 Å². The van der Waals surface area contributed by atoms with Crippen LogP contribution < -0.4 is 5.32 Å². The average molecular weight is 317 g/mol. The molecule has 1 aliphatic carbocycles. The summed E-state index contributed by atoms with van der Waals surface area (Å²) in [5.74, 6) is 0.140. The number of carbonyl (C=O) groups is 1. The molecule has 3 rings (SSSR count). The van der Waals surface area contributed by atoms with Crippen LogP contribution in [0.1, 0.15) is 37.7 Å². The Kier molecular flexibility index (Phi) is 5.02. The van der Waals surface area contributed by atoms with Crippen molar-refractivity contribution in [2.24, 2.45) is 10.8 Å². The highest BCUT2D eigenvalue weighted by Crippen LogP contribution is 2.70. The zero-order valence-corrected chi connectivity index (χ0v) is 13.7. The monoisotopic (exact) mass is 317 g/mol. The first kappa shape index (κ1) is 16.5. The maximum atomic E-state index is 12.7. The third-order valence-corrected chi connectivity index (χ3v) is 5.72. The van der Waals surface area contributed by atoms with Crippen molar-refractivity contribution in [3.63, 3.8) is 0 Å². The molecular weight excluding hydrogens is 290 g/mol. The van der Waals surface area contributed by atoms with Crippen LogP contribution in [-0.2, 0) is 16.0 Å². The van der Waals surface area contributed by atoms with Crippen molar-refractivity contribution in [2.75, 3.05) is 26.4 Å². The van der Waals surface area contributed by atoms with E-state index in [1.54, 1.807) is 0 Å².